The maximum absolute atomic E-state index is 12.4. The Hall–Kier alpha value is -1.37. The number of benzene rings is 1. The van der Waals surface area contributed by atoms with E-state index in [1.54, 1.807) is 0 Å². The Morgan fingerprint density at radius 2 is 1.94 bits per heavy atom. The molecule has 3 rings (SSSR count). The molecule has 3 atom stereocenters. The second-order valence-corrected chi connectivity index (χ2v) is 4.92. The SMILES string of the molecule is O=C(c1ccccc1)C1C2C=CCC1CC2. The molecule has 16 heavy (non-hydrogen) atoms. The Morgan fingerprint density at radius 1 is 1.12 bits per heavy atom. The summed E-state index contributed by atoms with van der Waals surface area (Å²) in [5, 5.41) is 0. The van der Waals surface area contributed by atoms with Crippen LogP contribution in [0.5, 0.6) is 0 Å². The van der Waals surface area contributed by atoms with Gasteiger partial charge in [0.25, 0.3) is 0 Å². The van der Waals surface area contributed by atoms with Crippen LogP contribution < -0.4 is 0 Å². The van der Waals surface area contributed by atoms with Crippen molar-refractivity contribution in [3.63, 3.8) is 0 Å². The molecule has 0 heterocycles. The molecule has 2 bridgehead atoms. The summed E-state index contributed by atoms with van der Waals surface area (Å²) in [6, 6.07) is 9.76. The van der Waals surface area contributed by atoms with Crippen LogP contribution in [0.1, 0.15) is 29.6 Å². The summed E-state index contributed by atoms with van der Waals surface area (Å²) in [5.41, 5.74) is 0.889. The number of carbonyl (C=O) groups is 1. The van der Waals surface area contributed by atoms with Crippen molar-refractivity contribution in [1.82, 2.24) is 0 Å². The monoisotopic (exact) mass is 212 g/mol. The van der Waals surface area contributed by atoms with Crippen molar-refractivity contribution in [1.29, 1.82) is 0 Å². The average molecular weight is 212 g/mol. The maximum Gasteiger partial charge on any atom is 0.166 e. The molecule has 0 radical (unpaired) electrons. The third kappa shape index (κ3) is 1.51. The van der Waals surface area contributed by atoms with Gasteiger partial charge in [-0.3, -0.25) is 4.79 Å². The van der Waals surface area contributed by atoms with E-state index in [1.165, 1.54) is 12.8 Å². The zero-order valence-electron chi connectivity index (χ0n) is 9.30. The van der Waals surface area contributed by atoms with Crippen LogP contribution in [0.4, 0.5) is 0 Å². The fraction of sp³-hybridized carbons (Fsp3) is 0.400. The van der Waals surface area contributed by atoms with E-state index in [4.69, 9.17) is 0 Å². The molecule has 0 saturated heterocycles. The molecule has 1 saturated carbocycles. The largest absolute Gasteiger partial charge is 0.294 e. The number of hydrogen-bond donors (Lipinski definition) is 0. The number of carbonyl (C=O) groups excluding carboxylic acids is 1. The van der Waals surface area contributed by atoms with E-state index in [1.807, 2.05) is 30.3 Å². The number of Topliss-reactive ketones (excluding diaryl/α,β-unsaturated/α-hetero) is 1. The topological polar surface area (TPSA) is 17.1 Å². The lowest BCUT2D eigenvalue weighted by Crippen LogP contribution is -2.26. The Labute approximate surface area is 96.2 Å². The van der Waals surface area contributed by atoms with Crippen LogP contribution >= 0.6 is 0 Å². The first-order chi connectivity index (χ1) is 7.86. The van der Waals surface area contributed by atoms with E-state index in [0.29, 0.717) is 17.6 Å². The van der Waals surface area contributed by atoms with Crippen molar-refractivity contribution in [2.24, 2.45) is 17.8 Å². The molecule has 1 nitrogen and oxygen atoms in total. The molecule has 3 unspecified atom stereocenters. The van der Waals surface area contributed by atoms with Gasteiger partial charge in [-0.05, 0) is 31.1 Å². The molecule has 1 heteroatoms. The van der Waals surface area contributed by atoms with Gasteiger partial charge < -0.3 is 0 Å². The van der Waals surface area contributed by atoms with Gasteiger partial charge in [0.1, 0.15) is 0 Å². The summed E-state index contributed by atoms with van der Waals surface area (Å²) in [7, 11) is 0. The first-order valence-electron chi connectivity index (χ1n) is 6.12. The van der Waals surface area contributed by atoms with Gasteiger partial charge in [-0.15, -0.1) is 0 Å². The first-order valence-corrected chi connectivity index (χ1v) is 6.12. The molecule has 1 aromatic rings. The second kappa shape index (κ2) is 3.89. The molecule has 1 aromatic carbocycles. The fourth-order valence-corrected chi connectivity index (χ4v) is 3.23. The van der Waals surface area contributed by atoms with Crippen molar-refractivity contribution in [3.8, 4) is 0 Å². The number of fused-ring (bicyclic) bond motifs is 2. The molecule has 2 aliphatic rings. The van der Waals surface area contributed by atoms with Gasteiger partial charge >= 0.3 is 0 Å². The van der Waals surface area contributed by atoms with Gasteiger partial charge in [-0.1, -0.05) is 42.5 Å². The smallest absolute Gasteiger partial charge is 0.166 e. The minimum Gasteiger partial charge on any atom is -0.294 e. The summed E-state index contributed by atoms with van der Waals surface area (Å²) in [6.45, 7) is 0. The van der Waals surface area contributed by atoms with Crippen LogP contribution in [0.25, 0.3) is 0 Å². The van der Waals surface area contributed by atoms with Crippen LogP contribution in [-0.2, 0) is 0 Å². The van der Waals surface area contributed by atoms with Crippen molar-refractivity contribution in [2.45, 2.75) is 19.3 Å². The fourth-order valence-electron chi connectivity index (χ4n) is 3.23. The zero-order valence-corrected chi connectivity index (χ0v) is 9.30. The Bertz CT molecular complexity index is 418. The van der Waals surface area contributed by atoms with Gasteiger partial charge in [-0.25, -0.2) is 0 Å². The standard InChI is InChI=1S/C15H16O/c16-15(13-5-2-1-3-6-13)14-11-7-4-8-12(14)10-9-11/h1-7,11-12,14H,8-10H2. The number of rotatable bonds is 2. The summed E-state index contributed by atoms with van der Waals surface area (Å²) >= 11 is 0. The lowest BCUT2D eigenvalue weighted by Gasteiger charge is -2.24. The van der Waals surface area contributed by atoms with E-state index >= 15 is 0 Å². The normalized spacial score (nSPS) is 31.6. The molecular formula is C15H16O. The average Bonchev–Trinajstić information content (AvgIpc) is 2.59. The zero-order chi connectivity index (χ0) is 11.0. The van der Waals surface area contributed by atoms with Crippen molar-refractivity contribution in [2.75, 3.05) is 0 Å². The van der Waals surface area contributed by atoms with Gasteiger partial charge in [0.05, 0.1) is 0 Å². The predicted octanol–water partition coefficient (Wildman–Crippen LogP) is 3.47. The molecule has 0 aliphatic heterocycles. The van der Waals surface area contributed by atoms with Crippen LogP contribution in [-0.4, -0.2) is 5.78 Å². The predicted molar refractivity (Wildman–Crippen MR) is 64.2 cm³/mol. The van der Waals surface area contributed by atoms with Gasteiger partial charge in [0.15, 0.2) is 5.78 Å². The molecule has 0 spiro atoms. The highest BCUT2D eigenvalue weighted by Crippen LogP contribution is 2.44. The van der Waals surface area contributed by atoms with E-state index < -0.39 is 0 Å². The molecule has 82 valence electrons. The second-order valence-electron chi connectivity index (χ2n) is 4.92. The minimum absolute atomic E-state index is 0.257. The molecule has 2 aliphatic carbocycles. The van der Waals surface area contributed by atoms with E-state index in [-0.39, 0.29) is 5.92 Å². The first kappa shape index (κ1) is 9.83. The summed E-state index contributed by atoms with van der Waals surface area (Å²) in [6.07, 6.45) is 8.04. The van der Waals surface area contributed by atoms with Crippen molar-refractivity contribution >= 4 is 5.78 Å². The van der Waals surface area contributed by atoms with Crippen LogP contribution in [0.3, 0.4) is 0 Å². The summed E-state index contributed by atoms with van der Waals surface area (Å²) < 4.78 is 0. The minimum atomic E-state index is 0.257. The molecular weight excluding hydrogens is 196 g/mol. The van der Waals surface area contributed by atoms with Crippen molar-refractivity contribution < 1.29 is 4.79 Å². The lowest BCUT2D eigenvalue weighted by molar-refractivity contribution is 0.0864. The van der Waals surface area contributed by atoms with Gasteiger partial charge in [-0.2, -0.15) is 0 Å². The molecule has 0 aromatic heterocycles. The summed E-state index contributed by atoms with van der Waals surface area (Å²) in [5.74, 6) is 1.72. The Balaban J connectivity index is 1.89. The van der Waals surface area contributed by atoms with E-state index in [0.717, 1.165) is 12.0 Å². The number of ketones is 1. The third-order valence-corrected chi connectivity index (χ3v) is 4.02. The maximum atomic E-state index is 12.4. The van der Waals surface area contributed by atoms with Crippen molar-refractivity contribution in [3.05, 3.63) is 48.0 Å². The van der Waals surface area contributed by atoms with Gasteiger partial charge in [0.2, 0.25) is 0 Å². The van der Waals surface area contributed by atoms with E-state index in [2.05, 4.69) is 12.2 Å². The van der Waals surface area contributed by atoms with Crippen LogP contribution in [0, 0.1) is 17.8 Å². The Morgan fingerprint density at radius 3 is 2.69 bits per heavy atom. The number of hydrogen-bond acceptors (Lipinski definition) is 1. The highest BCUT2D eigenvalue weighted by molar-refractivity contribution is 5.98. The quantitative estimate of drug-likeness (QED) is 0.542. The number of allylic oxidation sites excluding steroid dienone is 2. The molecule has 1 fully saturated rings. The summed E-state index contributed by atoms with van der Waals surface area (Å²) in [4.78, 5) is 12.4. The van der Waals surface area contributed by atoms with Crippen LogP contribution in [0.15, 0.2) is 42.5 Å². The highest BCUT2D eigenvalue weighted by Gasteiger charge is 2.40. The lowest BCUT2D eigenvalue weighted by atomic mass is 9.78. The van der Waals surface area contributed by atoms with Crippen LogP contribution in [0.2, 0.25) is 0 Å². The highest BCUT2D eigenvalue weighted by atomic mass is 16.1. The molecule has 0 amide bonds. The van der Waals surface area contributed by atoms with Gasteiger partial charge in [0, 0.05) is 11.5 Å². The van der Waals surface area contributed by atoms with E-state index in [9.17, 15) is 4.79 Å². The molecule has 0 N–H and O–H groups in total. The Kier molecular flexibility index (Phi) is 2.39. The third-order valence-electron chi connectivity index (χ3n) is 4.02.